The molecule has 0 aromatic carbocycles. The van der Waals surface area contributed by atoms with E-state index in [0.717, 1.165) is 19.4 Å². The van der Waals surface area contributed by atoms with Crippen molar-refractivity contribution in [3.63, 3.8) is 0 Å². The number of carbonyl (C=O) groups excluding carboxylic acids is 2. The summed E-state index contributed by atoms with van der Waals surface area (Å²) >= 11 is 0. The average molecular weight is 360 g/mol. The molecule has 2 amide bonds. The van der Waals surface area contributed by atoms with Gasteiger partial charge in [-0.15, -0.1) is 0 Å². The molecule has 1 saturated carbocycles. The SMILES string of the molecule is CN(C)CCNC(=O)Cn1cc(NC(=O)c2coc(C3CCC3)n2)cn1. The van der Waals surface area contributed by atoms with Gasteiger partial charge in [-0.3, -0.25) is 14.3 Å². The Morgan fingerprint density at radius 3 is 2.88 bits per heavy atom. The van der Waals surface area contributed by atoms with Gasteiger partial charge in [0, 0.05) is 25.2 Å². The molecule has 2 aromatic rings. The Balaban J connectivity index is 1.49. The van der Waals surface area contributed by atoms with Gasteiger partial charge in [0.15, 0.2) is 11.6 Å². The third-order valence-electron chi connectivity index (χ3n) is 4.29. The van der Waals surface area contributed by atoms with E-state index in [9.17, 15) is 9.59 Å². The molecule has 0 aliphatic heterocycles. The lowest BCUT2D eigenvalue weighted by Gasteiger charge is -2.21. The molecule has 9 heteroatoms. The predicted octanol–water partition coefficient (Wildman–Crippen LogP) is 1.07. The van der Waals surface area contributed by atoms with Crippen LogP contribution in [0.2, 0.25) is 0 Å². The Hall–Kier alpha value is -2.68. The quantitative estimate of drug-likeness (QED) is 0.729. The molecule has 2 heterocycles. The maximum absolute atomic E-state index is 12.2. The molecule has 1 aliphatic carbocycles. The standard InChI is InChI=1S/C17H24N6O3/c1-22(2)7-6-18-15(24)10-23-9-13(8-19-23)20-16(25)14-11-26-17(21-14)12-4-3-5-12/h8-9,11-12H,3-7,10H2,1-2H3,(H,18,24)(H,20,25). The number of rotatable bonds is 8. The Morgan fingerprint density at radius 1 is 1.38 bits per heavy atom. The van der Waals surface area contributed by atoms with E-state index in [4.69, 9.17) is 4.42 Å². The second-order valence-corrected chi connectivity index (χ2v) is 6.73. The normalized spacial score (nSPS) is 14.3. The molecule has 0 saturated heterocycles. The van der Waals surface area contributed by atoms with Gasteiger partial charge in [-0.05, 0) is 26.9 Å². The fourth-order valence-electron chi connectivity index (χ4n) is 2.57. The van der Waals surface area contributed by atoms with Crippen LogP contribution >= 0.6 is 0 Å². The Bertz CT molecular complexity index is 762. The van der Waals surface area contributed by atoms with Gasteiger partial charge in [0.2, 0.25) is 5.91 Å². The van der Waals surface area contributed by atoms with E-state index in [1.54, 1.807) is 6.20 Å². The minimum absolute atomic E-state index is 0.0963. The molecule has 0 atom stereocenters. The highest BCUT2D eigenvalue weighted by molar-refractivity contribution is 6.02. The lowest BCUT2D eigenvalue weighted by molar-refractivity contribution is -0.121. The van der Waals surface area contributed by atoms with Crippen molar-refractivity contribution in [3.05, 3.63) is 30.2 Å². The fourth-order valence-corrected chi connectivity index (χ4v) is 2.57. The van der Waals surface area contributed by atoms with Gasteiger partial charge in [-0.1, -0.05) is 6.42 Å². The first-order chi connectivity index (χ1) is 12.5. The van der Waals surface area contributed by atoms with Crippen molar-refractivity contribution in [1.82, 2.24) is 25.0 Å². The molecule has 0 radical (unpaired) electrons. The van der Waals surface area contributed by atoms with Crippen LogP contribution in [-0.4, -0.2) is 58.7 Å². The maximum atomic E-state index is 12.2. The fraction of sp³-hybridized carbons (Fsp3) is 0.529. The van der Waals surface area contributed by atoms with E-state index in [1.165, 1.54) is 23.6 Å². The van der Waals surface area contributed by atoms with E-state index in [0.29, 0.717) is 24.0 Å². The van der Waals surface area contributed by atoms with Gasteiger partial charge in [0.25, 0.3) is 5.91 Å². The monoisotopic (exact) mass is 360 g/mol. The van der Waals surface area contributed by atoms with Crippen molar-refractivity contribution in [2.75, 3.05) is 32.5 Å². The number of hydrogen-bond acceptors (Lipinski definition) is 6. The van der Waals surface area contributed by atoms with Crippen LogP contribution in [0.1, 0.15) is 41.6 Å². The highest BCUT2D eigenvalue weighted by atomic mass is 16.3. The largest absolute Gasteiger partial charge is 0.448 e. The van der Waals surface area contributed by atoms with Crippen molar-refractivity contribution < 1.29 is 14.0 Å². The molecule has 1 fully saturated rings. The number of likely N-dealkylation sites (N-methyl/N-ethyl adjacent to an activating group) is 1. The second kappa shape index (κ2) is 8.13. The highest BCUT2D eigenvalue weighted by Crippen LogP contribution is 2.35. The second-order valence-electron chi connectivity index (χ2n) is 6.73. The van der Waals surface area contributed by atoms with Crippen LogP contribution in [0.4, 0.5) is 5.69 Å². The summed E-state index contributed by atoms with van der Waals surface area (Å²) in [4.78, 5) is 30.3. The summed E-state index contributed by atoms with van der Waals surface area (Å²) in [5.41, 5.74) is 0.755. The first-order valence-corrected chi connectivity index (χ1v) is 8.72. The zero-order valence-electron chi connectivity index (χ0n) is 15.1. The number of hydrogen-bond donors (Lipinski definition) is 2. The van der Waals surface area contributed by atoms with E-state index in [2.05, 4.69) is 20.7 Å². The molecule has 140 valence electrons. The topological polar surface area (TPSA) is 105 Å². The molecule has 2 aromatic heterocycles. The molecule has 26 heavy (non-hydrogen) atoms. The van der Waals surface area contributed by atoms with E-state index in [-0.39, 0.29) is 24.1 Å². The van der Waals surface area contributed by atoms with E-state index >= 15 is 0 Å². The third kappa shape index (κ3) is 4.69. The summed E-state index contributed by atoms with van der Waals surface area (Å²) < 4.78 is 6.87. The highest BCUT2D eigenvalue weighted by Gasteiger charge is 2.25. The zero-order chi connectivity index (χ0) is 18.5. The van der Waals surface area contributed by atoms with Gasteiger partial charge in [0.1, 0.15) is 12.8 Å². The first-order valence-electron chi connectivity index (χ1n) is 8.72. The van der Waals surface area contributed by atoms with Crippen molar-refractivity contribution >= 4 is 17.5 Å². The summed E-state index contributed by atoms with van der Waals surface area (Å²) in [6, 6.07) is 0. The van der Waals surface area contributed by atoms with Crippen LogP contribution in [0.25, 0.3) is 0 Å². The Labute approximate surface area is 151 Å². The summed E-state index contributed by atoms with van der Waals surface area (Å²) in [6.45, 7) is 1.44. The molecule has 9 nitrogen and oxygen atoms in total. The van der Waals surface area contributed by atoms with Gasteiger partial charge in [-0.2, -0.15) is 5.10 Å². The van der Waals surface area contributed by atoms with Crippen LogP contribution in [-0.2, 0) is 11.3 Å². The number of carbonyl (C=O) groups is 2. The van der Waals surface area contributed by atoms with Crippen LogP contribution < -0.4 is 10.6 Å². The number of oxazole rings is 1. The molecule has 2 N–H and O–H groups in total. The zero-order valence-corrected chi connectivity index (χ0v) is 15.1. The van der Waals surface area contributed by atoms with Crippen LogP contribution in [0.3, 0.4) is 0 Å². The van der Waals surface area contributed by atoms with Crippen molar-refractivity contribution in [2.45, 2.75) is 31.7 Å². The lowest BCUT2D eigenvalue weighted by atomic mass is 9.85. The summed E-state index contributed by atoms with van der Waals surface area (Å²) in [5, 5.41) is 9.62. The minimum atomic E-state index is -0.352. The number of aromatic nitrogens is 3. The lowest BCUT2D eigenvalue weighted by Crippen LogP contribution is -2.33. The summed E-state index contributed by atoms with van der Waals surface area (Å²) in [7, 11) is 3.89. The van der Waals surface area contributed by atoms with Crippen LogP contribution in [0.5, 0.6) is 0 Å². The Kier molecular flexibility index (Phi) is 5.67. The average Bonchev–Trinajstić information content (AvgIpc) is 3.15. The predicted molar refractivity (Wildman–Crippen MR) is 94.8 cm³/mol. The third-order valence-corrected chi connectivity index (χ3v) is 4.29. The minimum Gasteiger partial charge on any atom is -0.448 e. The number of nitrogens with one attached hydrogen (secondary N) is 2. The van der Waals surface area contributed by atoms with Gasteiger partial charge in [0.05, 0.1) is 11.9 Å². The van der Waals surface area contributed by atoms with Gasteiger partial charge in [-0.25, -0.2) is 4.98 Å². The first kappa shape index (κ1) is 18.1. The molecular formula is C17H24N6O3. The molecular weight excluding hydrogens is 336 g/mol. The molecule has 0 spiro atoms. The van der Waals surface area contributed by atoms with Crippen LogP contribution in [0.15, 0.2) is 23.1 Å². The van der Waals surface area contributed by atoms with E-state index in [1.807, 2.05) is 19.0 Å². The summed E-state index contributed by atoms with van der Waals surface area (Å²) in [5.74, 6) is 0.487. The van der Waals surface area contributed by atoms with Crippen LogP contribution in [0, 0.1) is 0 Å². The molecule has 1 aliphatic rings. The maximum Gasteiger partial charge on any atom is 0.277 e. The molecule has 0 unspecified atom stereocenters. The summed E-state index contributed by atoms with van der Waals surface area (Å²) in [6.07, 6.45) is 7.78. The van der Waals surface area contributed by atoms with Gasteiger partial charge < -0.3 is 20.0 Å². The molecule has 0 bridgehead atoms. The Morgan fingerprint density at radius 2 is 2.19 bits per heavy atom. The molecule has 3 rings (SSSR count). The smallest absolute Gasteiger partial charge is 0.277 e. The van der Waals surface area contributed by atoms with Gasteiger partial charge >= 0.3 is 0 Å². The number of amides is 2. The van der Waals surface area contributed by atoms with Crippen molar-refractivity contribution in [1.29, 1.82) is 0 Å². The van der Waals surface area contributed by atoms with Crippen molar-refractivity contribution in [3.8, 4) is 0 Å². The number of nitrogens with zero attached hydrogens (tertiary/aromatic N) is 4. The van der Waals surface area contributed by atoms with E-state index < -0.39 is 0 Å². The number of anilines is 1. The van der Waals surface area contributed by atoms with Crippen molar-refractivity contribution in [2.24, 2.45) is 0 Å².